The van der Waals surface area contributed by atoms with Crippen LogP contribution in [0, 0.1) is 0 Å². The number of amides is 3. The van der Waals surface area contributed by atoms with Crippen LogP contribution in [0.2, 0.25) is 0 Å². The molecular weight excluding hydrogens is 498 g/mol. The summed E-state index contributed by atoms with van der Waals surface area (Å²) in [4.78, 5) is 36.9. The van der Waals surface area contributed by atoms with Gasteiger partial charge in [-0.2, -0.15) is 0 Å². The first-order valence-corrected chi connectivity index (χ1v) is 12.5. The molecule has 12 heteroatoms. The van der Waals surface area contributed by atoms with Gasteiger partial charge in [0.1, 0.15) is 37.1 Å². The van der Waals surface area contributed by atoms with Crippen molar-refractivity contribution in [3.8, 4) is 0 Å². The maximum Gasteiger partial charge on any atom is 0.262 e. The molecule has 38 heavy (non-hydrogen) atoms. The molecule has 3 aliphatic heterocycles. The number of carbonyl (C=O) groups is 3. The molecule has 4 rings (SSSR count). The minimum atomic E-state index is -0.940. The summed E-state index contributed by atoms with van der Waals surface area (Å²) in [7, 11) is 0. The molecule has 3 heterocycles. The second-order valence-electron chi connectivity index (χ2n) is 10.2. The van der Waals surface area contributed by atoms with Crippen LogP contribution in [0.25, 0.3) is 6.08 Å². The molecule has 0 spiro atoms. The summed E-state index contributed by atoms with van der Waals surface area (Å²) in [6.45, 7) is 8.55. The molecule has 0 radical (unpaired) electrons. The van der Waals surface area contributed by atoms with E-state index in [1.807, 2.05) is 30.3 Å². The number of hydrogen-bond acceptors (Lipinski definition) is 9. The summed E-state index contributed by atoms with van der Waals surface area (Å²) in [5.74, 6) is -3.30. The van der Waals surface area contributed by atoms with Gasteiger partial charge in [0.05, 0.1) is 6.61 Å². The average Bonchev–Trinajstić information content (AvgIpc) is 3.48. The third-order valence-corrected chi connectivity index (χ3v) is 6.14. The Morgan fingerprint density at radius 2 is 1.76 bits per heavy atom. The highest BCUT2D eigenvalue weighted by molar-refractivity contribution is 5.94. The number of rotatable bonds is 8. The lowest BCUT2D eigenvalue weighted by Gasteiger charge is -2.29. The molecule has 1 aromatic rings. The molecular formula is C26H35N3O9. The summed E-state index contributed by atoms with van der Waals surface area (Å²) in [6, 6.07) is 8.29. The highest BCUT2D eigenvalue weighted by Gasteiger charge is 2.59. The molecule has 208 valence electrons. The van der Waals surface area contributed by atoms with Gasteiger partial charge in [-0.05, 0) is 46.3 Å². The molecule has 1 aromatic carbocycles. The molecule has 3 N–H and O–H groups in total. The monoisotopic (exact) mass is 533 g/mol. The fourth-order valence-corrected chi connectivity index (χ4v) is 4.40. The maximum absolute atomic E-state index is 12.6. The van der Waals surface area contributed by atoms with Crippen LogP contribution in [0.15, 0.2) is 36.4 Å². The van der Waals surface area contributed by atoms with E-state index in [1.165, 1.54) is 13.0 Å². The van der Waals surface area contributed by atoms with Gasteiger partial charge < -0.3 is 33.7 Å². The number of hydrazine groups is 1. The molecule has 3 aliphatic rings. The summed E-state index contributed by atoms with van der Waals surface area (Å²) in [5, 5.41) is 2.54. The van der Waals surface area contributed by atoms with Gasteiger partial charge in [-0.25, -0.2) is 0 Å². The minimum absolute atomic E-state index is 0.288. The van der Waals surface area contributed by atoms with Crippen LogP contribution in [0.4, 0.5) is 0 Å². The number of fused-ring (bicyclic) bond motifs is 1. The van der Waals surface area contributed by atoms with E-state index in [2.05, 4.69) is 16.2 Å². The SMILES string of the molecule is C[C@H](NC(=O)CO[C@@H]1[C@H]2OC(C)(C)O[C@H]2O[C@@H]1[C@H]1COC(C)(C)O1)C(=O)NNC(=O)/C=C/c1ccccc1. The molecule has 6 atom stereocenters. The zero-order valence-electron chi connectivity index (χ0n) is 22.1. The van der Waals surface area contributed by atoms with Gasteiger partial charge in [0.2, 0.25) is 5.91 Å². The zero-order valence-corrected chi connectivity index (χ0v) is 22.1. The Labute approximate surface area is 221 Å². The van der Waals surface area contributed by atoms with Crippen molar-refractivity contribution < 1.29 is 42.8 Å². The van der Waals surface area contributed by atoms with Gasteiger partial charge in [-0.3, -0.25) is 25.2 Å². The van der Waals surface area contributed by atoms with Crippen LogP contribution in [-0.2, 0) is 42.8 Å². The third-order valence-electron chi connectivity index (χ3n) is 6.14. The number of hydrogen-bond donors (Lipinski definition) is 3. The number of nitrogens with one attached hydrogen (secondary N) is 3. The normalized spacial score (nSPS) is 30.1. The number of ether oxygens (including phenoxy) is 6. The molecule has 3 fully saturated rings. The zero-order chi connectivity index (χ0) is 27.5. The van der Waals surface area contributed by atoms with Crippen molar-refractivity contribution in [2.75, 3.05) is 13.2 Å². The van der Waals surface area contributed by atoms with Crippen molar-refractivity contribution in [2.45, 2.75) is 82.9 Å². The molecule has 0 saturated carbocycles. The van der Waals surface area contributed by atoms with E-state index in [-0.39, 0.29) is 13.2 Å². The van der Waals surface area contributed by atoms with Crippen molar-refractivity contribution >= 4 is 23.8 Å². The molecule has 0 aliphatic carbocycles. The van der Waals surface area contributed by atoms with Crippen LogP contribution in [-0.4, -0.2) is 79.3 Å². The topological polar surface area (TPSA) is 143 Å². The van der Waals surface area contributed by atoms with Gasteiger partial charge in [0.15, 0.2) is 17.9 Å². The van der Waals surface area contributed by atoms with E-state index in [0.717, 1.165) is 5.56 Å². The van der Waals surface area contributed by atoms with E-state index in [9.17, 15) is 14.4 Å². The molecule has 3 saturated heterocycles. The smallest absolute Gasteiger partial charge is 0.262 e. The second-order valence-corrected chi connectivity index (χ2v) is 10.2. The highest BCUT2D eigenvalue weighted by Crippen LogP contribution is 2.41. The van der Waals surface area contributed by atoms with E-state index in [0.29, 0.717) is 0 Å². The van der Waals surface area contributed by atoms with Crippen molar-refractivity contribution in [3.63, 3.8) is 0 Å². The first-order valence-electron chi connectivity index (χ1n) is 12.5. The Kier molecular flexibility index (Phi) is 8.50. The quantitative estimate of drug-likeness (QED) is 0.326. The predicted octanol–water partition coefficient (Wildman–Crippen LogP) is 0.765. The molecule has 0 unspecified atom stereocenters. The summed E-state index contributed by atoms with van der Waals surface area (Å²) in [6.07, 6.45) is -0.0576. The Balaban J connectivity index is 1.25. The van der Waals surface area contributed by atoms with Crippen LogP contribution in [0.3, 0.4) is 0 Å². The minimum Gasteiger partial charge on any atom is -0.363 e. The largest absolute Gasteiger partial charge is 0.363 e. The predicted molar refractivity (Wildman–Crippen MR) is 133 cm³/mol. The Morgan fingerprint density at radius 3 is 2.45 bits per heavy atom. The Bertz CT molecular complexity index is 1050. The Hall–Kier alpha value is -2.87. The second kappa shape index (κ2) is 11.5. The van der Waals surface area contributed by atoms with Crippen molar-refractivity contribution in [2.24, 2.45) is 0 Å². The van der Waals surface area contributed by atoms with E-state index < -0.39 is 66.0 Å². The molecule has 0 aromatic heterocycles. The first-order chi connectivity index (χ1) is 17.9. The molecule has 12 nitrogen and oxygen atoms in total. The van der Waals surface area contributed by atoms with Gasteiger partial charge in [0.25, 0.3) is 11.8 Å². The Morgan fingerprint density at radius 1 is 1.03 bits per heavy atom. The summed E-state index contributed by atoms with van der Waals surface area (Å²) in [5.41, 5.74) is 5.40. The molecule has 3 amide bonds. The van der Waals surface area contributed by atoms with E-state index in [1.54, 1.807) is 33.8 Å². The standard InChI is InChI=1S/C26H35N3O9/c1-15(23(32)29-28-18(30)12-11-16-9-7-6-8-10-16)27-19(31)14-33-21-20(17-13-34-25(2,3)36-17)35-24-22(21)37-26(4,5)38-24/h6-12,15,17,20-22,24H,13-14H2,1-5H3,(H,27,31)(H,28,30)(H,29,32)/b12-11+/t15-,17+,20+,21-,22+,24+/m0/s1. The lowest BCUT2D eigenvalue weighted by molar-refractivity contribution is -0.235. The maximum atomic E-state index is 12.6. The summed E-state index contributed by atoms with van der Waals surface area (Å²) >= 11 is 0. The fourth-order valence-electron chi connectivity index (χ4n) is 4.40. The van der Waals surface area contributed by atoms with Crippen molar-refractivity contribution in [3.05, 3.63) is 42.0 Å². The van der Waals surface area contributed by atoms with Crippen LogP contribution in [0.5, 0.6) is 0 Å². The number of benzene rings is 1. The average molecular weight is 534 g/mol. The third kappa shape index (κ3) is 7.16. The van der Waals surface area contributed by atoms with Gasteiger partial charge in [-0.15, -0.1) is 0 Å². The lowest BCUT2D eigenvalue weighted by atomic mass is 10.1. The lowest BCUT2D eigenvalue weighted by Crippen LogP contribution is -2.52. The highest BCUT2D eigenvalue weighted by atomic mass is 16.8. The first kappa shape index (κ1) is 28.1. The summed E-state index contributed by atoms with van der Waals surface area (Å²) < 4.78 is 35.4. The molecule has 0 bridgehead atoms. The van der Waals surface area contributed by atoms with Gasteiger partial charge in [0, 0.05) is 6.08 Å². The van der Waals surface area contributed by atoms with Crippen LogP contribution in [0.1, 0.15) is 40.2 Å². The number of carbonyl (C=O) groups excluding carboxylic acids is 3. The van der Waals surface area contributed by atoms with Crippen LogP contribution < -0.4 is 16.2 Å². The van der Waals surface area contributed by atoms with Crippen molar-refractivity contribution in [1.82, 2.24) is 16.2 Å². The fraction of sp³-hybridized carbons (Fsp3) is 0.577. The van der Waals surface area contributed by atoms with Crippen LogP contribution >= 0.6 is 0 Å². The van der Waals surface area contributed by atoms with Gasteiger partial charge >= 0.3 is 0 Å². The van der Waals surface area contributed by atoms with Crippen molar-refractivity contribution in [1.29, 1.82) is 0 Å². The van der Waals surface area contributed by atoms with E-state index >= 15 is 0 Å². The van der Waals surface area contributed by atoms with E-state index in [4.69, 9.17) is 28.4 Å². The van der Waals surface area contributed by atoms with Gasteiger partial charge in [-0.1, -0.05) is 30.3 Å².